The lowest BCUT2D eigenvalue weighted by Gasteiger charge is -2.12. The highest BCUT2D eigenvalue weighted by atomic mass is 16.3. The van der Waals surface area contributed by atoms with E-state index in [1.54, 1.807) is 0 Å². The number of rotatable bonds is 3. The van der Waals surface area contributed by atoms with Crippen LogP contribution in [0.1, 0.15) is 0 Å². The Morgan fingerprint density at radius 3 is 2.09 bits per heavy atom. The summed E-state index contributed by atoms with van der Waals surface area (Å²) >= 11 is 0. The van der Waals surface area contributed by atoms with E-state index < -0.39 is 0 Å². The number of pyridine rings is 4. The van der Waals surface area contributed by atoms with Gasteiger partial charge in [-0.1, -0.05) is 84.9 Å². The zero-order chi connectivity index (χ0) is 30.9. The molecule has 0 saturated carbocycles. The van der Waals surface area contributed by atoms with Crippen LogP contribution in [0.2, 0.25) is 0 Å². The highest BCUT2D eigenvalue weighted by Crippen LogP contribution is 2.41. The van der Waals surface area contributed by atoms with Gasteiger partial charge in [-0.05, 0) is 48.0 Å². The number of benzene rings is 5. The largest absolute Gasteiger partial charge is 0.455 e. The summed E-state index contributed by atoms with van der Waals surface area (Å²) in [6.07, 6.45) is 5.58. The first-order chi connectivity index (χ1) is 23.3. The molecule has 0 aliphatic heterocycles. The molecular weight excluding hydrogens is 576 g/mol. The summed E-state index contributed by atoms with van der Waals surface area (Å²) in [6.45, 7) is 0. The van der Waals surface area contributed by atoms with E-state index in [2.05, 4.69) is 107 Å². The Kier molecular flexibility index (Phi) is 5.51. The second-order valence-corrected chi connectivity index (χ2v) is 11.8. The van der Waals surface area contributed by atoms with E-state index in [0.29, 0.717) is 0 Å². The highest BCUT2D eigenvalue weighted by Gasteiger charge is 2.17. The second-order valence-electron chi connectivity index (χ2n) is 11.8. The van der Waals surface area contributed by atoms with E-state index in [4.69, 9.17) is 14.4 Å². The minimum atomic E-state index is 0.891. The van der Waals surface area contributed by atoms with Crippen molar-refractivity contribution in [3.8, 4) is 33.6 Å². The van der Waals surface area contributed by atoms with Crippen molar-refractivity contribution in [3.63, 3.8) is 0 Å². The van der Waals surface area contributed by atoms with Crippen molar-refractivity contribution in [1.29, 1.82) is 0 Å². The van der Waals surface area contributed by atoms with Crippen LogP contribution in [-0.2, 0) is 0 Å². The molecular formula is C42H24N4O. The maximum atomic E-state index is 6.49. The summed E-state index contributed by atoms with van der Waals surface area (Å²) in [6, 6.07) is 43.9. The average molecular weight is 601 g/mol. The fourth-order valence-electron chi connectivity index (χ4n) is 6.98. The summed E-state index contributed by atoms with van der Waals surface area (Å²) in [7, 11) is 0. The van der Waals surface area contributed by atoms with Crippen molar-refractivity contribution in [3.05, 3.63) is 146 Å². The van der Waals surface area contributed by atoms with Crippen molar-refractivity contribution in [2.24, 2.45) is 0 Å². The predicted octanol–water partition coefficient (Wildman–Crippen LogP) is 10.8. The Balaban J connectivity index is 1.07. The molecule has 0 radical (unpaired) electrons. The summed E-state index contributed by atoms with van der Waals surface area (Å²) in [4.78, 5) is 19.3. The molecule has 10 rings (SSSR count). The van der Waals surface area contributed by atoms with Gasteiger partial charge >= 0.3 is 0 Å². The standard InChI is InChI=1S/C42H24N4O/c1-3-11-36-32(9-1)38-33(19-18-31-29-8-2-4-12-37(29)47-42(31)38)39(46-36)26-15-13-25(14-16-26)35-20-17-28(24-45-35)34-23-27-7-5-21-43-40(27)41-30(34)10-6-22-44-41/h1-24H. The fraction of sp³-hybridized carbons (Fsp3) is 0. The Morgan fingerprint density at radius 2 is 1.21 bits per heavy atom. The van der Waals surface area contributed by atoms with E-state index in [-0.39, 0.29) is 0 Å². The van der Waals surface area contributed by atoms with Crippen molar-refractivity contribution >= 4 is 65.4 Å². The van der Waals surface area contributed by atoms with Gasteiger partial charge in [-0.15, -0.1) is 0 Å². The molecule has 5 heteroatoms. The lowest BCUT2D eigenvalue weighted by atomic mass is 9.96. The van der Waals surface area contributed by atoms with E-state index in [9.17, 15) is 0 Å². The second kappa shape index (κ2) is 10.0. The quantitative estimate of drug-likeness (QED) is 0.189. The van der Waals surface area contributed by atoms with E-state index in [0.717, 1.165) is 99.1 Å². The van der Waals surface area contributed by atoms with E-state index in [1.807, 2.05) is 48.9 Å². The lowest BCUT2D eigenvalue weighted by Crippen LogP contribution is -1.91. The molecule has 5 aromatic heterocycles. The van der Waals surface area contributed by atoms with Crippen molar-refractivity contribution < 1.29 is 4.42 Å². The average Bonchev–Trinajstić information content (AvgIpc) is 3.53. The van der Waals surface area contributed by atoms with Crippen molar-refractivity contribution in [2.45, 2.75) is 0 Å². The number of aromatic nitrogens is 4. The monoisotopic (exact) mass is 600 g/mol. The highest BCUT2D eigenvalue weighted by molar-refractivity contribution is 6.24. The third-order valence-electron chi connectivity index (χ3n) is 9.20. The SMILES string of the molecule is c1cnc2c(c1)cc(-c1ccc(-c3ccc(-c4nc5ccccc5c5c4ccc4c6ccccc6oc45)cc3)nc1)c1cccnc12. The van der Waals surface area contributed by atoms with Crippen molar-refractivity contribution in [2.75, 3.05) is 0 Å². The molecule has 218 valence electrons. The third kappa shape index (κ3) is 3.97. The number of hydrogen-bond acceptors (Lipinski definition) is 5. The molecule has 0 atom stereocenters. The lowest BCUT2D eigenvalue weighted by molar-refractivity contribution is 0.673. The van der Waals surface area contributed by atoms with Crippen LogP contribution in [0.25, 0.3) is 99.1 Å². The fourth-order valence-corrected chi connectivity index (χ4v) is 6.98. The minimum Gasteiger partial charge on any atom is -0.455 e. The van der Waals surface area contributed by atoms with Crippen LogP contribution in [0.15, 0.2) is 150 Å². The Morgan fingerprint density at radius 1 is 0.489 bits per heavy atom. The number of hydrogen-bond donors (Lipinski definition) is 0. The molecule has 5 aromatic carbocycles. The maximum absolute atomic E-state index is 6.49. The molecule has 0 N–H and O–H groups in total. The molecule has 0 aliphatic carbocycles. The first kappa shape index (κ1) is 25.8. The Bertz CT molecular complexity index is 2840. The molecule has 0 saturated heterocycles. The van der Waals surface area contributed by atoms with Crippen LogP contribution in [0.4, 0.5) is 0 Å². The number of nitrogens with zero attached hydrogens (tertiary/aromatic N) is 4. The summed E-state index contributed by atoms with van der Waals surface area (Å²) in [5.41, 5.74) is 10.6. The van der Waals surface area contributed by atoms with Crippen LogP contribution in [0.3, 0.4) is 0 Å². The predicted molar refractivity (Wildman–Crippen MR) is 191 cm³/mol. The van der Waals surface area contributed by atoms with Gasteiger partial charge in [0.1, 0.15) is 11.2 Å². The Hall–Kier alpha value is -6.46. The van der Waals surface area contributed by atoms with Gasteiger partial charge in [0.2, 0.25) is 0 Å². The van der Waals surface area contributed by atoms with Gasteiger partial charge < -0.3 is 4.42 Å². The zero-order valence-corrected chi connectivity index (χ0v) is 25.1. The van der Waals surface area contributed by atoms with Crippen molar-refractivity contribution in [1.82, 2.24) is 19.9 Å². The zero-order valence-electron chi connectivity index (χ0n) is 25.1. The minimum absolute atomic E-state index is 0.891. The van der Waals surface area contributed by atoms with E-state index >= 15 is 0 Å². The summed E-state index contributed by atoms with van der Waals surface area (Å²) in [5.74, 6) is 0. The van der Waals surface area contributed by atoms with E-state index in [1.165, 1.54) is 0 Å². The van der Waals surface area contributed by atoms with Gasteiger partial charge in [0.15, 0.2) is 0 Å². The first-order valence-corrected chi connectivity index (χ1v) is 15.6. The van der Waals surface area contributed by atoms with Gasteiger partial charge in [0, 0.05) is 73.0 Å². The molecule has 0 amide bonds. The van der Waals surface area contributed by atoms with Gasteiger partial charge in [-0.3, -0.25) is 15.0 Å². The molecule has 5 nitrogen and oxygen atoms in total. The molecule has 5 heterocycles. The maximum Gasteiger partial charge on any atom is 0.144 e. The molecule has 0 bridgehead atoms. The number of furan rings is 1. The Labute approximate surface area is 268 Å². The van der Waals surface area contributed by atoms with Gasteiger partial charge in [0.25, 0.3) is 0 Å². The molecule has 47 heavy (non-hydrogen) atoms. The summed E-state index contributed by atoms with van der Waals surface area (Å²) in [5, 5.41) is 7.60. The number of fused-ring (bicyclic) bond motifs is 10. The van der Waals surface area contributed by atoms with Crippen LogP contribution in [-0.4, -0.2) is 19.9 Å². The van der Waals surface area contributed by atoms with Crippen LogP contribution in [0.5, 0.6) is 0 Å². The normalized spacial score (nSPS) is 11.8. The molecule has 0 fully saturated rings. The molecule has 0 spiro atoms. The topological polar surface area (TPSA) is 64.7 Å². The third-order valence-corrected chi connectivity index (χ3v) is 9.20. The van der Waals surface area contributed by atoms with Crippen LogP contribution < -0.4 is 0 Å². The number of para-hydroxylation sites is 2. The molecule has 0 aliphatic rings. The van der Waals surface area contributed by atoms with Crippen LogP contribution in [0, 0.1) is 0 Å². The van der Waals surface area contributed by atoms with Gasteiger partial charge in [-0.25, -0.2) is 4.98 Å². The van der Waals surface area contributed by atoms with Gasteiger partial charge in [-0.2, -0.15) is 0 Å². The molecule has 10 aromatic rings. The molecule has 0 unspecified atom stereocenters. The summed E-state index contributed by atoms with van der Waals surface area (Å²) < 4.78 is 6.49. The first-order valence-electron chi connectivity index (χ1n) is 15.6. The van der Waals surface area contributed by atoms with Gasteiger partial charge in [0.05, 0.1) is 27.9 Å². The smallest absolute Gasteiger partial charge is 0.144 e. The van der Waals surface area contributed by atoms with Crippen LogP contribution >= 0.6 is 0 Å².